The Hall–Kier alpha value is -7.44. The quantitative estimate of drug-likeness (QED) is 0.0511. The molecule has 0 radical (unpaired) electrons. The number of allylic oxidation sites excluding steroid dienone is 6. The van der Waals surface area contributed by atoms with E-state index >= 15 is 0 Å². The summed E-state index contributed by atoms with van der Waals surface area (Å²) >= 11 is 0. The molecule has 0 heterocycles. The Balaban J connectivity index is 1.63. The van der Waals surface area contributed by atoms with Crippen LogP contribution >= 0.6 is 0 Å². The Kier molecular flexibility index (Phi) is 13.0. The van der Waals surface area contributed by atoms with Crippen LogP contribution in [0.3, 0.4) is 0 Å². The summed E-state index contributed by atoms with van der Waals surface area (Å²) in [7, 11) is 0. The van der Waals surface area contributed by atoms with Gasteiger partial charge in [0.1, 0.15) is 34.5 Å². The zero-order chi connectivity index (χ0) is 43.1. The number of phenols is 6. The molecule has 6 aromatic carbocycles. The van der Waals surface area contributed by atoms with Gasteiger partial charge in [-0.25, -0.2) is 0 Å². The molecule has 0 aliphatic carbocycles. The van der Waals surface area contributed by atoms with Crippen LogP contribution in [0.1, 0.15) is 33.4 Å². The summed E-state index contributed by atoms with van der Waals surface area (Å²) in [6.45, 7) is 23.4. The Morgan fingerprint density at radius 2 is 0.667 bits per heavy atom. The molecule has 0 aromatic heterocycles. The highest BCUT2D eigenvalue weighted by molar-refractivity contribution is 5.92. The van der Waals surface area contributed by atoms with Crippen LogP contribution in [0.2, 0.25) is 0 Å². The molecule has 6 N–H and O–H groups in total. The van der Waals surface area contributed by atoms with Gasteiger partial charge < -0.3 is 30.6 Å². The molecule has 0 atom stereocenters. The normalized spacial score (nSPS) is 10.9. The predicted molar refractivity (Wildman–Crippen MR) is 247 cm³/mol. The van der Waals surface area contributed by atoms with Crippen molar-refractivity contribution in [1.29, 1.82) is 0 Å². The van der Waals surface area contributed by atoms with Crippen LogP contribution < -0.4 is 0 Å². The number of rotatable bonds is 17. The van der Waals surface area contributed by atoms with Gasteiger partial charge in [0.15, 0.2) is 0 Å². The lowest BCUT2D eigenvalue weighted by Crippen LogP contribution is -1.96. The van der Waals surface area contributed by atoms with Gasteiger partial charge >= 0.3 is 0 Å². The number of hydrogen-bond donors (Lipinski definition) is 6. The minimum absolute atomic E-state index is 0.0528. The zero-order valence-corrected chi connectivity index (χ0v) is 33.7. The summed E-state index contributed by atoms with van der Waals surface area (Å²) in [5.74, 6) is -0.149. The summed E-state index contributed by atoms with van der Waals surface area (Å²) in [5.41, 5.74) is 8.93. The van der Waals surface area contributed by atoms with Crippen LogP contribution in [0.4, 0.5) is 0 Å². The van der Waals surface area contributed by atoms with Crippen molar-refractivity contribution in [3.63, 3.8) is 0 Å². The first-order chi connectivity index (χ1) is 29.0. The molecule has 0 fully saturated rings. The van der Waals surface area contributed by atoms with Gasteiger partial charge in [0, 0.05) is 38.9 Å². The van der Waals surface area contributed by atoms with Gasteiger partial charge in [-0.3, -0.25) is 0 Å². The molecule has 0 aliphatic heterocycles. The van der Waals surface area contributed by atoms with Crippen molar-refractivity contribution in [2.24, 2.45) is 0 Å². The molecule has 0 bridgehead atoms. The van der Waals surface area contributed by atoms with Crippen LogP contribution in [0.25, 0.3) is 55.6 Å². The molecule has 0 saturated carbocycles. The third kappa shape index (κ3) is 8.54. The van der Waals surface area contributed by atoms with Crippen LogP contribution in [0.15, 0.2) is 161 Å². The Morgan fingerprint density at radius 1 is 0.300 bits per heavy atom. The fraction of sp³-hybridized carbons (Fsp3) is 0.111. The van der Waals surface area contributed by atoms with Crippen molar-refractivity contribution >= 4 is 0 Å². The van der Waals surface area contributed by atoms with E-state index in [1.165, 1.54) is 0 Å². The first-order valence-corrected chi connectivity index (χ1v) is 19.7. The van der Waals surface area contributed by atoms with E-state index in [1.54, 1.807) is 78.9 Å². The first-order valence-electron chi connectivity index (χ1n) is 19.7. The summed E-state index contributed by atoms with van der Waals surface area (Å²) in [4.78, 5) is 0. The van der Waals surface area contributed by atoms with E-state index in [4.69, 9.17) is 0 Å². The van der Waals surface area contributed by atoms with Gasteiger partial charge in [0.2, 0.25) is 0 Å². The van der Waals surface area contributed by atoms with E-state index in [9.17, 15) is 30.6 Å². The monoisotopic (exact) mass is 794 g/mol. The van der Waals surface area contributed by atoms with Crippen molar-refractivity contribution < 1.29 is 30.6 Å². The Bertz CT molecular complexity index is 2680. The number of aromatic hydroxyl groups is 6. The smallest absolute Gasteiger partial charge is 0.131 e. The first kappa shape index (κ1) is 42.2. The predicted octanol–water partition coefficient (Wildman–Crippen LogP) is 12.6. The molecular weight excluding hydrogens is 745 g/mol. The van der Waals surface area contributed by atoms with Crippen LogP contribution in [-0.2, 0) is 38.5 Å². The maximum atomic E-state index is 12.4. The average molecular weight is 795 g/mol. The topological polar surface area (TPSA) is 121 Å². The van der Waals surface area contributed by atoms with E-state index in [2.05, 4.69) is 39.5 Å². The van der Waals surface area contributed by atoms with Crippen LogP contribution in [0, 0.1) is 0 Å². The SMILES string of the molecule is C=CCc1ccc(O)c(-c2cc(CC=C)c(O)c(-c3cc(-c4cc(CC=C)cc(-c5cc(CC=C)cc(-c6ccc(O)c(CC=C)c6)c5O)c4O)cc(CC=C)c3O)c2)c1. The Morgan fingerprint density at radius 3 is 1.17 bits per heavy atom. The second-order valence-corrected chi connectivity index (χ2v) is 14.8. The van der Waals surface area contributed by atoms with Crippen LogP contribution in [-0.4, -0.2) is 30.6 Å². The highest BCUT2D eigenvalue weighted by Gasteiger charge is 2.24. The second kappa shape index (κ2) is 18.4. The molecular formula is C54H50O6. The molecule has 0 spiro atoms. The number of phenolic OH excluding ortho intramolecular Hbond substituents is 6. The third-order valence-electron chi connectivity index (χ3n) is 10.6. The second-order valence-electron chi connectivity index (χ2n) is 14.8. The number of benzene rings is 6. The summed E-state index contributed by atoms with van der Waals surface area (Å²) < 4.78 is 0. The van der Waals surface area contributed by atoms with Crippen molar-refractivity contribution in [3.05, 3.63) is 194 Å². The van der Waals surface area contributed by atoms with E-state index in [0.29, 0.717) is 104 Å². The molecule has 0 aliphatic rings. The summed E-state index contributed by atoms with van der Waals surface area (Å²) in [6, 6.07) is 24.9. The van der Waals surface area contributed by atoms with Crippen molar-refractivity contribution in [1.82, 2.24) is 0 Å². The number of hydrogen-bond acceptors (Lipinski definition) is 6. The van der Waals surface area contributed by atoms with Gasteiger partial charge in [-0.1, -0.05) is 48.6 Å². The highest BCUT2D eigenvalue weighted by Crippen LogP contribution is 2.50. The molecule has 60 heavy (non-hydrogen) atoms. The Labute approximate surface area is 352 Å². The van der Waals surface area contributed by atoms with Crippen molar-refractivity contribution in [2.75, 3.05) is 0 Å². The van der Waals surface area contributed by atoms with E-state index < -0.39 is 0 Å². The minimum atomic E-state index is -0.117. The minimum Gasteiger partial charge on any atom is -0.508 e. The molecule has 6 aromatic rings. The highest BCUT2D eigenvalue weighted by atomic mass is 16.3. The maximum absolute atomic E-state index is 12.4. The zero-order valence-electron chi connectivity index (χ0n) is 33.7. The van der Waals surface area contributed by atoms with Gasteiger partial charge in [-0.2, -0.15) is 0 Å². The average Bonchev–Trinajstić information content (AvgIpc) is 3.23. The van der Waals surface area contributed by atoms with Gasteiger partial charge in [0.05, 0.1) is 0 Å². The lowest BCUT2D eigenvalue weighted by atomic mass is 9.86. The standard InChI is InChI=1S/C54H50O6/c1-7-13-33-19-21-50(56)42(23-33)40-29-38(17-11-5)51(57)47(31-40)48-32-41(30-39(18-12-6)52(48)58)44-25-35(15-9-3)27-46(54(44)60)45-26-34(14-8-2)24-43(53(45)59)36-20-22-49(55)37(28-36)16-10-4/h7-12,19-32,55-60H,1-6,13-18H2. The molecule has 0 unspecified atom stereocenters. The fourth-order valence-corrected chi connectivity index (χ4v) is 7.72. The van der Waals surface area contributed by atoms with E-state index in [-0.39, 0.29) is 40.9 Å². The molecule has 6 rings (SSSR count). The van der Waals surface area contributed by atoms with E-state index in [1.807, 2.05) is 42.5 Å². The molecule has 6 nitrogen and oxygen atoms in total. The van der Waals surface area contributed by atoms with Crippen molar-refractivity contribution in [3.8, 4) is 90.1 Å². The molecule has 6 heteroatoms. The van der Waals surface area contributed by atoms with Gasteiger partial charge in [-0.05, 0) is 161 Å². The van der Waals surface area contributed by atoms with Crippen molar-refractivity contribution in [2.45, 2.75) is 38.5 Å². The molecule has 302 valence electrons. The lowest BCUT2D eigenvalue weighted by molar-refractivity contribution is 0.463. The van der Waals surface area contributed by atoms with E-state index in [0.717, 1.165) is 16.7 Å². The molecule has 0 saturated heterocycles. The van der Waals surface area contributed by atoms with Gasteiger partial charge in [-0.15, -0.1) is 39.5 Å². The maximum Gasteiger partial charge on any atom is 0.131 e. The van der Waals surface area contributed by atoms with Crippen LogP contribution in [0.5, 0.6) is 34.5 Å². The third-order valence-corrected chi connectivity index (χ3v) is 10.6. The van der Waals surface area contributed by atoms with Gasteiger partial charge in [0.25, 0.3) is 0 Å². The molecule has 0 amide bonds. The fourth-order valence-electron chi connectivity index (χ4n) is 7.72. The summed E-state index contributed by atoms with van der Waals surface area (Å²) in [5, 5.41) is 69.8. The lowest BCUT2D eigenvalue weighted by Gasteiger charge is -2.20. The summed E-state index contributed by atoms with van der Waals surface area (Å²) in [6.07, 6.45) is 12.9. The largest absolute Gasteiger partial charge is 0.508 e.